The summed E-state index contributed by atoms with van der Waals surface area (Å²) in [7, 11) is 0. The average molecular weight is 335 g/mol. The van der Waals surface area contributed by atoms with Crippen molar-refractivity contribution in [3.63, 3.8) is 0 Å². The predicted octanol–water partition coefficient (Wildman–Crippen LogP) is 2.12. The zero-order chi connectivity index (χ0) is 17.0. The molecule has 0 bridgehead atoms. The third kappa shape index (κ3) is 4.82. The molecule has 0 aliphatic carbocycles. The summed E-state index contributed by atoms with van der Waals surface area (Å²) in [5, 5.41) is 9.55. The van der Waals surface area contributed by atoms with Gasteiger partial charge in [-0.15, -0.1) is 0 Å². The van der Waals surface area contributed by atoms with Gasteiger partial charge in [-0.1, -0.05) is 41.6 Å². The summed E-state index contributed by atoms with van der Waals surface area (Å²) in [6, 6.07) is 6.82. The SMILES string of the molecule is CC(=O)SCC1CC(=O)N([C@@H](Cc2cccc(C)c2)C(=O)O)C1. The van der Waals surface area contributed by atoms with Crippen LogP contribution in [0.25, 0.3) is 0 Å². The molecular formula is C17H21NO4S. The van der Waals surface area contributed by atoms with Gasteiger partial charge in [0, 0.05) is 32.1 Å². The van der Waals surface area contributed by atoms with Crippen molar-refractivity contribution in [2.24, 2.45) is 5.92 Å². The first-order valence-electron chi connectivity index (χ1n) is 7.58. The highest BCUT2D eigenvalue weighted by Gasteiger charge is 2.37. The highest BCUT2D eigenvalue weighted by Crippen LogP contribution is 2.25. The minimum atomic E-state index is -0.986. The first kappa shape index (κ1) is 17.5. The number of aryl methyl sites for hydroxylation is 1. The van der Waals surface area contributed by atoms with E-state index in [2.05, 4.69) is 0 Å². The number of carboxylic acids is 1. The number of hydrogen-bond donors (Lipinski definition) is 1. The highest BCUT2D eigenvalue weighted by atomic mass is 32.2. The number of hydrogen-bond acceptors (Lipinski definition) is 4. The number of likely N-dealkylation sites (tertiary alicyclic amines) is 1. The number of thioether (sulfide) groups is 1. The van der Waals surface area contributed by atoms with Gasteiger partial charge in [-0.25, -0.2) is 4.79 Å². The molecule has 124 valence electrons. The summed E-state index contributed by atoms with van der Waals surface area (Å²) >= 11 is 1.19. The lowest BCUT2D eigenvalue weighted by molar-refractivity contribution is -0.148. The lowest BCUT2D eigenvalue weighted by Crippen LogP contribution is -2.43. The van der Waals surface area contributed by atoms with Crippen molar-refractivity contribution in [3.05, 3.63) is 35.4 Å². The number of nitrogens with zero attached hydrogens (tertiary/aromatic N) is 1. The van der Waals surface area contributed by atoms with E-state index in [4.69, 9.17) is 0 Å². The van der Waals surface area contributed by atoms with Crippen molar-refractivity contribution >= 4 is 28.8 Å². The number of amides is 1. The third-order valence-corrected chi connectivity index (χ3v) is 4.98. The standard InChI is InChI=1S/C17H21NO4S/c1-11-4-3-5-13(6-11)7-15(17(21)22)18-9-14(8-16(18)20)10-23-12(2)19/h3-6,14-15H,7-10H2,1-2H3,(H,21,22)/t14?,15-/m0/s1. The van der Waals surface area contributed by atoms with Crippen molar-refractivity contribution in [1.82, 2.24) is 4.90 Å². The fourth-order valence-corrected chi connectivity index (χ4v) is 3.54. The van der Waals surface area contributed by atoms with E-state index in [1.54, 1.807) is 0 Å². The Kier molecular flexibility index (Phi) is 5.82. The van der Waals surface area contributed by atoms with Crippen molar-refractivity contribution in [2.75, 3.05) is 12.3 Å². The van der Waals surface area contributed by atoms with E-state index >= 15 is 0 Å². The topological polar surface area (TPSA) is 74.7 Å². The van der Waals surface area contributed by atoms with E-state index in [1.807, 2.05) is 31.2 Å². The Morgan fingerprint density at radius 3 is 2.78 bits per heavy atom. The summed E-state index contributed by atoms with van der Waals surface area (Å²) in [4.78, 5) is 36.3. The maximum absolute atomic E-state index is 12.2. The smallest absolute Gasteiger partial charge is 0.326 e. The van der Waals surface area contributed by atoms with Gasteiger partial charge in [0.1, 0.15) is 6.04 Å². The Bertz CT molecular complexity index is 616. The number of rotatable bonds is 6. The Morgan fingerprint density at radius 2 is 2.17 bits per heavy atom. The summed E-state index contributed by atoms with van der Waals surface area (Å²) in [5.41, 5.74) is 1.97. The van der Waals surface area contributed by atoms with Crippen LogP contribution in [0.2, 0.25) is 0 Å². The van der Waals surface area contributed by atoms with Crippen LogP contribution in [0.15, 0.2) is 24.3 Å². The van der Waals surface area contributed by atoms with Crippen LogP contribution in [0, 0.1) is 12.8 Å². The van der Waals surface area contributed by atoms with Crippen molar-refractivity contribution < 1.29 is 19.5 Å². The minimum Gasteiger partial charge on any atom is -0.480 e. The molecule has 2 atom stereocenters. The molecule has 1 heterocycles. The largest absolute Gasteiger partial charge is 0.480 e. The Morgan fingerprint density at radius 1 is 1.43 bits per heavy atom. The van der Waals surface area contributed by atoms with E-state index < -0.39 is 12.0 Å². The Hall–Kier alpha value is -1.82. The molecule has 2 rings (SSSR count). The molecule has 1 unspecified atom stereocenters. The Balaban J connectivity index is 2.07. The number of benzene rings is 1. The fraction of sp³-hybridized carbons (Fsp3) is 0.471. The second kappa shape index (κ2) is 7.64. The van der Waals surface area contributed by atoms with Gasteiger partial charge in [0.2, 0.25) is 5.91 Å². The van der Waals surface area contributed by atoms with Crippen LogP contribution >= 0.6 is 11.8 Å². The molecule has 1 N–H and O–H groups in total. The van der Waals surface area contributed by atoms with Gasteiger partial charge in [-0.2, -0.15) is 0 Å². The normalized spacial score (nSPS) is 19.0. The first-order valence-corrected chi connectivity index (χ1v) is 8.56. The highest BCUT2D eigenvalue weighted by molar-refractivity contribution is 8.13. The number of carbonyl (C=O) groups is 3. The molecule has 5 nitrogen and oxygen atoms in total. The van der Waals surface area contributed by atoms with Crippen LogP contribution in [0.4, 0.5) is 0 Å². The molecule has 0 saturated carbocycles. The molecule has 1 aliphatic heterocycles. The minimum absolute atomic E-state index is 0.0189. The van der Waals surface area contributed by atoms with Crippen LogP contribution < -0.4 is 0 Å². The molecule has 1 aliphatic rings. The molecule has 0 radical (unpaired) electrons. The van der Waals surface area contributed by atoms with E-state index in [1.165, 1.54) is 23.6 Å². The second-order valence-corrected chi connectivity index (χ2v) is 7.16. The lowest BCUT2D eigenvalue weighted by atomic mass is 10.0. The van der Waals surface area contributed by atoms with Gasteiger partial charge >= 0.3 is 5.97 Å². The maximum atomic E-state index is 12.2. The molecule has 6 heteroatoms. The quantitative estimate of drug-likeness (QED) is 0.862. The fourth-order valence-electron chi connectivity index (χ4n) is 2.85. The van der Waals surface area contributed by atoms with Crippen molar-refractivity contribution in [1.29, 1.82) is 0 Å². The molecular weight excluding hydrogens is 314 g/mol. The van der Waals surface area contributed by atoms with Gasteiger partial charge in [0.25, 0.3) is 0 Å². The monoisotopic (exact) mass is 335 g/mol. The van der Waals surface area contributed by atoms with E-state index in [9.17, 15) is 19.5 Å². The van der Waals surface area contributed by atoms with Gasteiger partial charge in [-0.3, -0.25) is 9.59 Å². The van der Waals surface area contributed by atoms with E-state index in [-0.39, 0.29) is 16.9 Å². The number of carboxylic acid groups (broad SMARTS) is 1. The lowest BCUT2D eigenvalue weighted by Gasteiger charge is -2.25. The van der Waals surface area contributed by atoms with E-state index in [0.29, 0.717) is 25.1 Å². The zero-order valence-corrected chi connectivity index (χ0v) is 14.1. The summed E-state index contributed by atoms with van der Waals surface area (Å²) in [6.45, 7) is 3.86. The number of carbonyl (C=O) groups excluding carboxylic acids is 2. The van der Waals surface area contributed by atoms with Crippen LogP contribution in [0.5, 0.6) is 0 Å². The third-order valence-electron chi connectivity index (χ3n) is 3.93. The summed E-state index contributed by atoms with van der Waals surface area (Å²) < 4.78 is 0. The summed E-state index contributed by atoms with van der Waals surface area (Å²) in [5.74, 6) is -0.524. The second-order valence-electron chi connectivity index (χ2n) is 5.97. The van der Waals surface area contributed by atoms with Gasteiger partial charge in [0.15, 0.2) is 5.12 Å². The Labute approximate surface area is 140 Å². The van der Waals surface area contributed by atoms with Crippen molar-refractivity contribution in [2.45, 2.75) is 32.7 Å². The van der Waals surface area contributed by atoms with Crippen molar-refractivity contribution in [3.8, 4) is 0 Å². The number of aliphatic carboxylic acids is 1. The molecule has 0 aromatic heterocycles. The van der Waals surface area contributed by atoms with Gasteiger partial charge in [0.05, 0.1) is 0 Å². The average Bonchev–Trinajstić information content (AvgIpc) is 2.83. The molecule has 1 fully saturated rings. The molecule has 1 aromatic rings. The van der Waals surface area contributed by atoms with Gasteiger partial charge < -0.3 is 10.0 Å². The van der Waals surface area contributed by atoms with Crippen LogP contribution in [0.3, 0.4) is 0 Å². The maximum Gasteiger partial charge on any atom is 0.326 e. The molecule has 0 spiro atoms. The zero-order valence-electron chi connectivity index (χ0n) is 13.3. The van der Waals surface area contributed by atoms with Crippen LogP contribution in [0.1, 0.15) is 24.5 Å². The molecule has 1 aromatic carbocycles. The van der Waals surface area contributed by atoms with E-state index in [0.717, 1.165) is 11.1 Å². The predicted molar refractivity (Wildman–Crippen MR) is 89.3 cm³/mol. The van der Waals surface area contributed by atoms with Crippen LogP contribution in [-0.4, -0.2) is 45.3 Å². The first-order chi connectivity index (χ1) is 10.9. The van der Waals surface area contributed by atoms with Crippen LogP contribution in [-0.2, 0) is 20.8 Å². The van der Waals surface area contributed by atoms with Gasteiger partial charge in [-0.05, 0) is 18.4 Å². The molecule has 1 amide bonds. The summed E-state index contributed by atoms with van der Waals surface area (Å²) in [6.07, 6.45) is 0.618. The molecule has 1 saturated heterocycles. The molecule has 23 heavy (non-hydrogen) atoms.